The highest BCUT2D eigenvalue weighted by atomic mass is 35.5. The third kappa shape index (κ3) is 4.21. The van der Waals surface area contributed by atoms with Gasteiger partial charge in [0.2, 0.25) is 11.8 Å². The Labute approximate surface area is 174 Å². The number of nitrogens with one attached hydrogen (secondary N) is 1. The van der Waals surface area contributed by atoms with Crippen LogP contribution in [0.15, 0.2) is 69.0 Å². The maximum absolute atomic E-state index is 12.3. The van der Waals surface area contributed by atoms with Crippen molar-refractivity contribution >= 4 is 23.4 Å². The third-order valence-electron chi connectivity index (χ3n) is 3.95. The Morgan fingerprint density at radius 3 is 2.55 bits per heavy atom. The minimum absolute atomic E-state index is 0.0247. The van der Waals surface area contributed by atoms with Crippen molar-refractivity contribution in [1.82, 2.24) is 20.2 Å². The molecule has 29 heavy (non-hydrogen) atoms. The second kappa shape index (κ2) is 8.31. The van der Waals surface area contributed by atoms with Gasteiger partial charge in [-0.1, -0.05) is 53.7 Å². The zero-order valence-corrected chi connectivity index (χ0v) is 16.4. The number of hydrogen-bond acceptors (Lipinski definition) is 7. The fourth-order valence-corrected chi connectivity index (χ4v) is 3.40. The zero-order valence-electron chi connectivity index (χ0n) is 14.8. The summed E-state index contributed by atoms with van der Waals surface area (Å²) in [5.41, 5.74) is 1.28. The van der Waals surface area contributed by atoms with E-state index >= 15 is 0 Å². The number of rotatable bonds is 5. The molecule has 1 N–H and O–H groups in total. The molecule has 0 atom stereocenters. The lowest BCUT2D eigenvalue weighted by Gasteiger charge is -2.05. The van der Waals surface area contributed by atoms with Gasteiger partial charge >= 0.3 is 0 Å². The Bertz CT molecular complexity index is 1250. The highest BCUT2D eigenvalue weighted by Gasteiger charge is 2.15. The first-order valence-electron chi connectivity index (χ1n) is 8.45. The fourth-order valence-electron chi connectivity index (χ4n) is 2.58. The summed E-state index contributed by atoms with van der Waals surface area (Å²) in [4.78, 5) is 19.4. The van der Waals surface area contributed by atoms with Gasteiger partial charge in [0.15, 0.2) is 5.16 Å². The minimum atomic E-state index is -0.490. The van der Waals surface area contributed by atoms with Crippen LogP contribution in [0, 0.1) is 11.3 Å². The lowest BCUT2D eigenvalue weighted by atomic mass is 10.1. The van der Waals surface area contributed by atoms with E-state index in [1.165, 1.54) is 11.8 Å². The monoisotopic (exact) mass is 421 g/mol. The molecule has 0 spiro atoms. The predicted octanol–water partition coefficient (Wildman–Crippen LogP) is 4.30. The van der Waals surface area contributed by atoms with Crippen molar-refractivity contribution in [2.45, 2.75) is 10.9 Å². The van der Waals surface area contributed by atoms with Gasteiger partial charge in [0.25, 0.3) is 5.56 Å². The van der Waals surface area contributed by atoms with E-state index in [0.717, 1.165) is 5.56 Å². The van der Waals surface area contributed by atoms with E-state index in [1.807, 2.05) is 24.3 Å². The first kappa shape index (κ1) is 18.9. The van der Waals surface area contributed by atoms with Crippen molar-refractivity contribution in [2.24, 2.45) is 0 Å². The van der Waals surface area contributed by atoms with Gasteiger partial charge in [-0.25, -0.2) is 4.98 Å². The van der Waals surface area contributed by atoms with Crippen LogP contribution in [0.25, 0.3) is 22.7 Å². The lowest BCUT2D eigenvalue weighted by Crippen LogP contribution is -2.14. The van der Waals surface area contributed by atoms with Crippen LogP contribution in [0.5, 0.6) is 0 Å². The molecule has 7 nitrogen and oxygen atoms in total. The van der Waals surface area contributed by atoms with Gasteiger partial charge in [-0.2, -0.15) is 5.26 Å². The normalized spacial score (nSPS) is 10.6. The van der Waals surface area contributed by atoms with Crippen LogP contribution >= 0.6 is 23.4 Å². The van der Waals surface area contributed by atoms with E-state index in [-0.39, 0.29) is 5.56 Å². The molecule has 0 amide bonds. The van der Waals surface area contributed by atoms with E-state index in [0.29, 0.717) is 39.0 Å². The quantitative estimate of drug-likeness (QED) is 0.378. The summed E-state index contributed by atoms with van der Waals surface area (Å²) in [7, 11) is 0. The van der Waals surface area contributed by atoms with Gasteiger partial charge in [0.05, 0.1) is 11.4 Å². The Balaban J connectivity index is 1.56. The summed E-state index contributed by atoms with van der Waals surface area (Å²) in [5.74, 6) is 1.07. The first-order chi connectivity index (χ1) is 14.1. The summed E-state index contributed by atoms with van der Waals surface area (Å²) in [6, 6.07) is 18.1. The molecule has 0 aliphatic carbocycles. The van der Waals surface area contributed by atoms with Gasteiger partial charge in [0.1, 0.15) is 11.6 Å². The van der Waals surface area contributed by atoms with Crippen LogP contribution in [-0.2, 0) is 5.75 Å². The number of benzene rings is 2. The molecule has 0 radical (unpaired) electrons. The lowest BCUT2D eigenvalue weighted by molar-refractivity contribution is 0.528. The van der Waals surface area contributed by atoms with E-state index in [2.05, 4.69) is 20.2 Å². The van der Waals surface area contributed by atoms with Crippen molar-refractivity contribution in [3.63, 3.8) is 0 Å². The molecule has 0 bridgehead atoms. The third-order valence-corrected chi connectivity index (χ3v) is 5.06. The molecular weight excluding hydrogens is 410 g/mol. The largest absolute Gasteiger partial charge is 0.420 e. The maximum Gasteiger partial charge on any atom is 0.270 e. The highest BCUT2D eigenvalue weighted by molar-refractivity contribution is 7.98. The second-order valence-electron chi connectivity index (χ2n) is 5.87. The molecular formula is C20H12ClN5O2S. The Kier molecular flexibility index (Phi) is 5.42. The summed E-state index contributed by atoms with van der Waals surface area (Å²) in [6.07, 6.45) is 0. The molecule has 0 unspecified atom stereocenters. The second-order valence-corrected chi connectivity index (χ2v) is 7.27. The number of nitriles is 1. The van der Waals surface area contributed by atoms with Gasteiger partial charge in [-0.3, -0.25) is 4.79 Å². The van der Waals surface area contributed by atoms with E-state index in [9.17, 15) is 10.1 Å². The van der Waals surface area contributed by atoms with Gasteiger partial charge in [-0.15, -0.1) is 10.2 Å². The van der Waals surface area contributed by atoms with Crippen molar-refractivity contribution < 1.29 is 4.42 Å². The predicted molar refractivity (Wildman–Crippen MR) is 109 cm³/mol. The van der Waals surface area contributed by atoms with E-state index in [4.69, 9.17) is 16.0 Å². The Hall–Kier alpha value is -3.41. The molecule has 2 heterocycles. The number of thioether (sulfide) groups is 1. The average Bonchev–Trinajstić information content (AvgIpc) is 3.22. The van der Waals surface area contributed by atoms with Crippen molar-refractivity contribution in [2.75, 3.05) is 0 Å². The molecule has 2 aromatic carbocycles. The number of hydrogen-bond donors (Lipinski definition) is 1. The fraction of sp³-hybridized carbons (Fsp3) is 0.0500. The molecule has 142 valence electrons. The Morgan fingerprint density at radius 2 is 1.83 bits per heavy atom. The van der Waals surface area contributed by atoms with Crippen LogP contribution < -0.4 is 5.56 Å². The van der Waals surface area contributed by atoms with Gasteiger partial charge in [-0.05, 0) is 24.3 Å². The highest BCUT2D eigenvalue weighted by Crippen LogP contribution is 2.25. The molecule has 0 saturated heterocycles. The van der Waals surface area contributed by atoms with Crippen LogP contribution in [0.2, 0.25) is 5.02 Å². The van der Waals surface area contributed by atoms with Crippen LogP contribution in [0.4, 0.5) is 0 Å². The van der Waals surface area contributed by atoms with Crippen molar-refractivity contribution in [3.8, 4) is 28.8 Å². The van der Waals surface area contributed by atoms with Crippen molar-refractivity contribution in [3.05, 3.63) is 81.4 Å². The molecule has 0 aliphatic heterocycles. The van der Waals surface area contributed by atoms with Crippen LogP contribution in [0.1, 0.15) is 11.5 Å². The summed E-state index contributed by atoms with van der Waals surface area (Å²) < 4.78 is 5.66. The summed E-state index contributed by atoms with van der Waals surface area (Å²) in [5, 5.41) is 18.4. The number of nitrogens with zero attached hydrogens (tertiary/aromatic N) is 4. The molecule has 2 aromatic heterocycles. The smallest absolute Gasteiger partial charge is 0.270 e. The molecule has 4 rings (SSSR count). The average molecular weight is 422 g/mol. The zero-order chi connectivity index (χ0) is 20.2. The van der Waals surface area contributed by atoms with Crippen molar-refractivity contribution in [1.29, 1.82) is 5.26 Å². The SMILES string of the molecule is N#Cc1c(-c2ccccc2)nc(SCc2nnc(-c3ccc(Cl)cc3)o2)[nH]c1=O. The van der Waals surface area contributed by atoms with Gasteiger partial charge in [0, 0.05) is 16.1 Å². The number of aromatic amines is 1. The van der Waals surface area contributed by atoms with Crippen LogP contribution in [0.3, 0.4) is 0 Å². The molecule has 0 saturated carbocycles. The summed E-state index contributed by atoms with van der Waals surface area (Å²) >= 11 is 7.12. The Morgan fingerprint density at radius 1 is 1.07 bits per heavy atom. The standard InChI is InChI=1S/C20H12ClN5O2S/c21-14-8-6-13(7-9-14)19-26-25-16(28-19)11-29-20-23-17(12-4-2-1-3-5-12)15(10-22)18(27)24-20/h1-9H,11H2,(H,23,24,27). The molecule has 0 fully saturated rings. The first-order valence-corrected chi connectivity index (χ1v) is 9.81. The summed E-state index contributed by atoms with van der Waals surface area (Å²) in [6.45, 7) is 0. The molecule has 0 aliphatic rings. The number of H-pyrrole nitrogens is 1. The van der Waals surface area contributed by atoms with E-state index < -0.39 is 5.56 Å². The number of aromatic nitrogens is 4. The maximum atomic E-state index is 12.3. The van der Waals surface area contributed by atoms with Crippen LogP contribution in [-0.4, -0.2) is 20.2 Å². The van der Waals surface area contributed by atoms with E-state index in [1.54, 1.807) is 36.4 Å². The molecule has 4 aromatic rings. The topological polar surface area (TPSA) is 108 Å². The minimum Gasteiger partial charge on any atom is -0.420 e. The number of halogens is 1. The van der Waals surface area contributed by atoms with Gasteiger partial charge < -0.3 is 9.40 Å². The molecule has 9 heteroatoms.